The fourth-order valence-electron chi connectivity index (χ4n) is 1.34. The molecule has 0 saturated heterocycles. The SMILES string of the molecule is CS(=O)(=O)c1ccc(C=NNC(N)=O)c(S(C)(=O)=O)c1. The molecule has 0 radical (unpaired) electrons. The average molecular weight is 319 g/mol. The molecule has 10 heteroatoms. The number of urea groups is 1. The lowest BCUT2D eigenvalue weighted by Crippen LogP contribution is -2.24. The van der Waals surface area contributed by atoms with Crippen LogP contribution in [0.25, 0.3) is 0 Å². The maximum atomic E-state index is 11.7. The topological polar surface area (TPSA) is 136 Å². The van der Waals surface area contributed by atoms with E-state index < -0.39 is 25.7 Å². The molecule has 1 rings (SSSR count). The quantitative estimate of drug-likeness (QED) is 0.569. The second-order valence-corrected chi connectivity index (χ2v) is 7.98. The van der Waals surface area contributed by atoms with Gasteiger partial charge in [0, 0.05) is 18.1 Å². The van der Waals surface area contributed by atoms with E-state index in [4.69, 9.17) is 5.73 Å². The van der Waals surface area contributed by atoms with E-state index in [2.05, 4.69) is 5.10 Å². The van der Waals surface area contributed by atoms with E-state index in [0.717, 1.165) is 24.8 Å². The van der Waals surface area contributed by atoms with E-state index in [0.29, 0.717) is 0 Å². The van der Waals surface area contributed by atoms with E-state index in [-0.39, 0.29) is 15.4 Å². The Morgan fingerprint density at radius 3 is 2.25 bits per heavy atom. The Kier molecular flexibility index (Phi) is 4.50. The zero-order chi connectivity index (χ0) is 15.6. The van der Waals surface area contributed by atoms with Crippen LogP contribution in [0.15, 0.2) is 33.1 Å². The third kappa shape index (κ3) is 4.31. The molecular weight excluding hydrogens is 306 g/mol. The first-order valence-corrected chi connectivity index (χ1v) is 8.93. The van der Waals surface area contributed by atoms with E-state index >= 15 is 0 Å². The van der Waals surface area contributed by atoms with Crippen molar-refractivity contribution in [1.29, 1.82) is 0 Å². The lowest BCUT2D eigenvalue weighted by molar-refractivity contribution is 0.249. The molecule has 1 aromatic rings. The van der Waals surface area contributed by atoms with Gasteiger partial charge in [0.1, 0.15) is 0 Å². The molecule has 0 aliphatic heterocycles. The number of nitrogens with two attached hydrogens (primary N) is 1. The van der Waals surface area contributed by atoms with Crippen molar-refractivity contribution < 1.29 is 21.6 Å². The summed E-state index contributed by atoms with van der Waals surface area (Å²) >= 11 is 0. The van der Waals surface area contributed by atoms with Crippen LogP contribution < -0.4 is 11.2 Å². The zero-order valence-electron chi connectivity index (χ0n) is 10.7. The van der Waals surface area contributed by atoms with Gasteiger partial charge in [0.05, 0.1) is 16.0 Å². The minimum atomic E-state index is -3.67. The van der Waals surface area contributed by atoms with Gasteiger partial charge < -0.3 is 5.73 Å². The van der Waals surface area contributed by atoms with Gasteiger partial charge in [-0.2, -0.15) is 5.10 Å². The van der Waals surface area contributed by atoms with Gasteiger partial charge in [-0.1, -0.05) is 6.07 Å². The zero-order valence-corrected chi connectivity index (χ0v) is 12.3. The fourth-order valence-corrected chi connectivity index (χ4v) is 2.95. The van der Waals surface area contributed by atoms with Crippen LogP contribution in [0.1, 0.15) is 5.56 Å². The molecule has 0 aliphatic carbocycles. The number of benzene rings is 1. The van der Waals surface area contributed by atoms with Crippen LogP contribution in [0.3, 0.4) is 0 Å². The number of carbonyl (C=O) groups is 1. The van der Waals surface area contributed by atoms with Crippen molar-refractivity contribution in [3.8, 4) is 0 Å². The molecule has 110 valence electrons. The Morgan fingerprint density at radius 2 is 1.80 bits per heavy atom. The van der Waals surface area contributed by atoms with Crippen molar-refractivity contribution in [2.24, 2.45) is 10.8 Å². The summed E-state index contributed by atoms with van der Waals surface area (Å²) in [5.74, 6) is 0. The Bertz CT molecular complexity index is 766. The normalized spacial score (nSPS) is 12.5. The molecule has 3 N–H and O–H groups in total. The van der Waals surface area contributed by atoms with Crippen LogP contribution in [0.4, 0.5) is 4.79 Å². The number of hydrogen-bond acceptors (Lipinski definition) is 6. The number of nitrogens with one attached hydrogen (secondary N) is 1. The second-order valence-electron chi connectivity index (χ2n) is 3.98. The van der Waals surface area contributed by atoms with Crippen LogP contribution in [0, 0.1) is 0 Å². The number of carbonyl (C=O) groups excluding carboxylic acids is 1. The van der Waals surface area contributed by atoms with Crippen LogP contribution in [-0.2, 0) is 19.7 Å². The molecule has 0 unspecified atom stereocenters. The van der Waals surface area contributed by atoms with E-state index in [1.165, 1.54) is 12.1 Å². The van der Waals surface area contributed by atoms with Gasteiger partial charge in [-0.05, 0) is 12.1 Å². The van der Waals surface area contributed by atoms with Gasteiger partial charge >= 0.3 is 6.03 Å². The number of hydrogen-bond donors (Lipinski definition) is 2. The van der Waals surface area contributed by atoms with Gasteiger partial charge in [-0.25, -0.2) is 27.1 Å². The van der Waals surface area contributed by atoms with Gasteiger partial charge in [0.25, 0.3) is 0 Å². The van der Waals surface area contributed by atoms with Crippen LogP contribution >= 0.6 is 0 Å². The van der Waals surface area contributed by atoms with Crippen molar-refractivity contribution in [3.05, 3.63) is 23.8 Å². The molecule has 0 bridgehead atoms. The van der Waals surface area contributed by atoms with Crippen molar-refractivity contribution in [2.75, 3.05) is 12.5 Å². The lowest BCUT2D eigenvalue weighted by atomic mass is 10.2. The summed E-state index contributed by atoms with van der Waals surface area (Å²) in [6, 6.07) is 2.65. The highest BCUT2D eigenvalue weighted by Crippen LogP contribution is 2.19. The molecule has 0 heterocycles. The molecule has 0 saturated carbocycles. The highest BCUT2D eigenvalue weighted by atomic mass is 32.2. The Balaban J connectivity index is 3.40. The molecule has 2 amide bonds. The summed E-state index contributed by atoms with van der Waals surface area (Å²) in [4.78, 5) is 10.1. The molecule has 0 aromatic heterocycles. The summed E-state index contributed by atoms with van der Waals surface area (Å²) in [5, 5.41) is 3.44. The molecule has 0 fully saturated rings. The monoisotopic (exact) mass is 319 g/mol. The predicted octanol–water partition coefficient (Wildman–Crippen LogP) is -0.504. The smallest absolute Gasteiger partial charge is 0.332 e. The van der Waals surface area contributed by atoms with Crippen molar-refractivity contribution in [2.45, 2.75) is 9.79 Å². The van der Waals surface area contributed by atoms with Gasteiger partial charge in [-0.3, -0.25) is 0 Å². The molecular formula is C10H13N3O5S2. The maximum absolute atomic E-state index is 11.7. The first-order chi connectivity index (χ1) is 9.01. The number of sulfone groups is 2. The fraction of sp³-hybridized carbons (Fsp3) is 0.200. The molecule has 0 aliphatic rings. The van der Waals surface area contributed by atoms with E-state index in [9.17, 15) is 21.6 Å². The van der Waals surface area contributed by atoms with E-state index in [1.807, 2.05) is 5.43 Å². The van der Waals surface area contributed by atoms with Gasteiger partial charge in [0.2, 0.25) is 0 Å². The Morgan fingerprint density at radius 1 is 1.20 bits per heavy atom. The van der Waals surface area contributed by atoms with Crippen LogP contribution in [0.2, 0.25) is 0 Å². The number of hydrazone groups is 1. The first kappa shape index (κ1) is 16.1. The maximum Gasteiger partial charge on any atom is 0.332 e. The average Bonchev–Trinajstić information content (AvgIpc) is 2.25. The van der Waals surface area contributed by atoms with Gasteiger partial charge in [-0.15, -0.1) is 0 Å². The molecule has 0 spiro atoms. The van der Waals surface area contributed by atoms with Gasteiger partial charge in [0.15, 0.2) is 19.7 Å². The second kappa shape index (κ2) is 5.59. The van der Waals surface area contributed by atoms with Crippen molar-refractivity contribution >= 4 is 31.9 Å². The minimum absolute atomic E-state index is 0.127. The number of rotatable bonds is 4. The summed E-state index contributed by atoms with van der Waals surface area (Å²) in [6.07, 6.45) is 2.97. The predicted molar refractivity (Wildman–Crippen MR) is 73.0 cm³/mol. The Labute approximate surface area is 116 Å². The Hall–Kier alpha value is -1.94. The highest BCUT2D eigenvalue weighted by molar-refractivity contribution is 7.91. The number of nitrogens with zero attached hydrogens (tertiary/aromatic N) is 1. The molecule has 20 heavy (non-hydrogen) atoms. The molecule has 8 nitrogen and oxygen atoms in total. The standard InChI is InChI=1S/C10H13N3O5S2/c1-19(15,16)8-4-3-7(6-12-13-10(11)14)9(5-8)20(2,17)18/h3-6H,1-2H3,(H3,11,13,14). The molecule has 1 aromatic carbocycles. The third-order valence-corrected chi connectivity index (χ3v) is 4.45. The van der Waals surface area contributed by atoms with Crippen molar-refractivity contribution in [3.63, 3.8) is 0 Å². The summed E-state index contributed by atoms with van der Waals surface area (Å²) in [7, 11) is -7.20. The summed E-state index contributed by atoms with van der Waals surface area (Å²) in [6.45, 7) is 0. The number of amides is 2. The largest absolute Gasteiger partial charge is 0.350 e. The minimum Gasteiger partial charge on any atom is -0.350 e. The number of primary amides is 1. The molecule has 0 atom stereocenters. The van der Waals surface area contributed by atoms with Crippen molar-refractivity contribution in [1.82, 2.24) is 5.43 Å². The lowest BCUT2D eigenvalue weighted by Gasteiger charge is -2.06. The van der Waals surface area contributed by atoms with E-state index in [1.54, 1.807) is 0 Å². The third-order valence-electron chi connectivity index (χ3n) is 2.19. The first-order valence-electron chi connectivity index (χ1n) is 5.14. The van der Waals surface area contributed by atoms with Crippen LogP contribution in [-0.4, -0.2) is 41.6 Å². The summed E-state index contributed by atoms with van der Waals surface area (Å²) in [5.41, 5.74) is 6.85. The summed E-state index contributed by atoms with van der Waals surface area (Å²) < 4.78 is 46.2. The van der Waals surface area contributed by atoms with Crippen LogP contribution in [0.5, 0.6) is 0 Å². The highest BCUT2D eigenvalue weighted by Gasteiger charge is 2.16.